The smallest absolute Gasteiger partial charge is 0.409 e. The van der Waals surface area contributed by atoms with Crippen molar-refractivity contribution in [3.8, 4) is 0 Å². The molecule has 0 spiro atoms. The molecule has 0 saturated carbocycles. The van der Waals surface area contributed by atoms with E-state index >= 15 is 0 Å². The first-order chi connectivity index (χ1) is 14.8. The molecule has 0 bridgehead atoms. The van der Waals surface area contributed by atoms with Gasteiger partial charge in [0.05, 0.1) is 6.61 Å². The topological polar surface area (TPSA) is 133 Å². The molecule has 4 rings (SSSR count). The number of rotatable bonds is 4. The number of hydrogen-bond donors (Lipinski definition) is 2. The summed E-state index contributed by atoms with van der Waals surface area (Å²) in [6.45, 7) is 3.74. The number of carbonyl (C=O) groups is 4. The van der Waals surface area contributed by atoms with Crippen molar-refractivity contribution in [1.82, 2.24) is 14.7 Å². The van der Waals surface area contributed by atoms with Crippen LogP contribution < -0.4 is 5.73 Å². The van der Waals surface area contributed by atoms with E-state index < -0.39 is 17.9 Å². The fourth-order valence-electron chi connectivity index (χ4n) is 4.55. The number of ether oxygens (including phenoxy) is 1. The zero-order valence-corrected chi connectivity index (χ0v) is 18.1. The first-order valence-corrected chi connectivity index (χ1v) is 11.5. The average molecular weight is 451 g/mol. The molecule has 11 heteroatoms. The molecule has 10 nitrogen and oxygen atoms in total. The Morgan fingerprint density at radius 1 is 1.26 bits per heavy atom. The molecule has 4 heterocycles. The quantitative estimate of drug-likeness (QED) is 0.463. The van der Waals surface area contributed by atoms with Crippen molar-refractivity contribution in [2.75, 3.05) is 32.0 Å². The summed E-state index contributed by atoms with van der Waals surface area (Å²) >= 11 is 1.41. The molecule has 3 N–H and O–H groups in total. The maximum atomic E-state index is 13.0. The van der Waals surface area contributed by atoms with Gasteiger partial charge in [-0.2, -0.15) is 0 Å². The van der Waals surface area contributed by atoms with Gasteiger partial charge in [-0.05, 0) is 37.8 Å². The van der Waals surface area contributed by atoms with Gasteiger partial charge in [-0.15, -0.1) is 11.8 Å². The van der Waals surface area contributed by atoms with Gasteiger partial charge < -0.3 is 25.4 Å². The summed E-state index contributed by atoms with van der Waals surface area (Å²) in [7, 11) is 0. The second-order valence-electron chi connectivity index (χ2n) is 7.95. The number of likely N-dealkylation sites (tertiary alicyclic amines) is 2. The standard InChI is InChI=1S/C20H26N4O6S/c1-2-30-20(29)22-6-4-13(5-7-22)23-8-3-11(16(23)25)9-12-10-31-18-14(21)17(26)24(18)15(12)19(27)28/h9,13-14,18H,2-8,10,21H2,1H3,(H,27,28)/b11-9+/t14-,18-/m1/s1. The van der Waals surface area contributed by atoms with E-state index in [1.54, 1.807) is 17.9 Å². The number of piperidine rings is 1. The predicted octanol–water partition coefficient (Wildman–Crippen LogP) is 0.347. The van der Waals surface area contributed by atoms with Crippen molar-refractivity contribution in [2.24, 2.45) is 5.73 Å². The summed E-state index contributed by atoms with van der Waals surface area (Å²) in [4.78, 5) is 53.5. The molecule has 0 aliphatic carbocycles. The van der Waals surface area contributed by atoms with Crippen molar-refractivity contribution in [1.29, 1.82) is 0 Å². The van der Waals surface area contributed by atoms with Gasteiger partial charge in [-0.25, -0.2) is 9.59 Å². The number of fused-ring (bicyclic) bond motifs is 1. The summed E-state index contributed by atoms with van der Waals surface area (Å²) in [5, 5.41) is 9.31. The van der Waals surface area contributed by atoms with Crippen molar-refractivity contribution in [2.45, 2.75) is 43.6 Å². The van der Waals surface area contributed by atoms with Gasteiger partial charge in [-0.1, -0.05) is 0 Å². The maximum absolute atomic E-state index is 13.0. The number of nitrogens with zero attached hydrogens (tertiary/aromatic N) is 3. The minimum atomic E-state index is -1.19. The summed E-state index contributed by atoms with van der Waals surface area (Å²) in [5.41, 5.74) is 6.73. The summed E-state index contributed by atoms with van der Waals surface area (Å²) in [5.74, 6) is -1.31. The van der Waals surface area contributed by atoms with Gasteiger partial charge in [0, 0.05) is 37.0 Å². The molecule has 0 radical (unpaired) electrons. The number of aliphatic carboxylic acids is 1. The third kappa shape index (κ3) is 3.80. The Kier molecular flexibility index (Phi) is 5.98. The summed E-state index contributed by atoms with van der Waals surface area (Å²) in [6.07, 6.45) is 3.20. The molecule has 3 amide bonds. The van der Waals surface area contributed by atoms with Crippen LogP contribution in [0.4, 0.5) is 4.79 Å². The van der Waals surface area contributed by atoms with Crippen molar-refractivity contribution in [3.05, 3.63) is 22.9 Å². The molecular weight excluding hydrogens is 424 g/mol. The molecule has 3 saturated heterocycles. The fourth-order valence-corrected chi connectivity index (χ4v) is 5.80. The van der Waals surface area contributed by atoms with E-state index in [2.05, 4.69) is 0 Å². The van der Waals surface area contributed by atoms with E-state index in [-0.39, 0.29) is 29.1 Å². The van der Waals surface area contributed by atoms with Crippen molar-refractivity contribution >= 4 is 35.6 Å². The van der Waals surface area contributed by atoms with Crippen LogP contribution in [0.2, 0.25) is 0 Å². The normalized spacial score (nSPS) is 28.2. The van der Waals surface area contributed by atoms with Gasteiger partial charge in [0.1, 0.15) is 17.1 Å². The number of carbonyl (C=O) groups excluding carboxylic acids is 3. The average Bonchev–Trinajstić information content (AvgIpc) is 3.13. The van der Waals surface area contributed by atoms with Crippen LogP contribution in [0.15, 0.2) is 22.9 Å². The molecule has 168 valence electrons. The third-order valence-electron chi connectivity index (χ3n) is 6.18. The van der Waals surface area contributed by atoms with Gasteiger partial charge in [0.15, 0.2) is 0 Å². The number of β-lactam (4-membered cyclic amide) rings is 1. The van der Waals surface area contributed by atoms with Gasteiger partial charge in [-0.3, -0.25) is 14.5 Å². The Bertz CT molecular complexity index is 879. The van der Waals surface area contributed by atoms with Crippen LogP contribution in [0.5, 0.6) is 0 Å². The minimum Gasteiger partial charge on any atom is -0.477 e. The molecule has 0 aromatic rings. The number of allylic oxidation sites excluding steroid dienone is 1. The van der Waals surface area contributed by atoms with E-state index in [4.69, 9.17) is 10.5 Å². The van der Waals surface area contributed by atoms with Gasteiger partial charge >= 0.3 is 12.1 Å². The number of carboxylic acids is 1. The third-order valence-corrected chi connectivity index (χ3v) is 7.50. The van der Waals surface area contributed by atoms with Crippen LogP contribution in [0.25, 0.3) is 0 Å². The van der Waals surface area contributed by atoms with Crippen LogP contribution in [-0.4, -0.2) is 93.1 Å². The second-order valence-corrected chi connectivity index (χ2v) is 9.05. The predicted molar refractivity (Wildman–Crippen MR) is 112 cm³/mol. The lowest BCUT2D eigenvalue weighted by atomic mass is 10.0. The number of amides is 3. The summed E-state index contributed by atoms with van der Waals surface area (Å²) in [6, 6.07) is -0.644. The van der Waals surface area contributed by atoms with E-state index in [0.29, 0.717) is 62.4 Å². The van der Waals surface area contributed by atoms with E-state index in [0.717, 1.165) is 0 Å². The largest absolute Gasteiger partial charge is 0.477 e. The molecule has 0 aromatic heterocycles. The van der Waals surface area contributed by atoms with Gasteiger partial charge in [0.25, 0.3) is 0 Å². The molecule has 31 heavy (non-hydrogen) atoms. The maximum Gasteiger partial charge on any atom is 0.409 e. The molecule has 3 fully saturated rings. The van der Waals surface area contributed by atoms with Gasteiger partial charge in [0.2, 0.25) is 11.8 Å². The molecule has 0 unspecified atom stereocenters. The molecule has 0 aromatic carbocycles. The van der Waals surface area contributed by atoms with E-state index in [1.165, 1.54) is 16.7 Å². The Balaban J connectivity index is 1.46. The molecule has 4 aliphatic rings. The van der Waals surface area contributed by atoms with Crippen LogP contribution >= 0.6 is 11.8 Å². The Labute approximate surface area is 184 Å². The van der Waals surface area contributed by atoms with Crippen molar-refractivity contribution < 1.29 is 29.0 Å². The first kappa shape index (κ1) is 21.7. The monoisotopic (exact) mass is 450 g/mol. The van der Waals surface area contributed by atoms with E-state index in [1.807, 2.05) is 4.90 Å². The fraction of sp³-hybridized carbons (Fsp3) is 0.600. The van der Waals surface area contributed by atoms with Crippen LogP contribution in [0.1, 0.15) is 26.2 Å². The Morgan fingerprint density at radius 2 is 1.97 bits per heavy atom. The Morgan fingerprint density at radius 3 is 2.61 bits per heavy atom. The second kappa shape index (κ2) is 8.54. The van der Waals surface area contributed by atoms with Crippen LogP contribution in [0.3, 0.4) is 0 Å². The minimum absolute atomic E-state index is 0.0390. The zero-order chi connectivity index (χ0) is 22.3. The number of carboxylic acid groups (broad SMARTS) is 1. The number of nitrogens with two attached hydrogens (primary N) is 1. The lowest BCUT2D eigenvalue weighted by molar-refractivity contribution is -0.147. The van der Waals surface area contributed by atoms with Crippen LogP contribution in [-0.2, 0) is 19.1 Å². The highest BCUT2D eigenvalue weighted by atomic mass is 32.2. The molecular formula is C20H26N4O6S. The highest BCUT2D eigenvalue weighted by Crippen LogP contribution is 2.40. The van der Waals surface area contributed by atoms with E-state index in [9.17, 15) is 24.3 Å². The first-order valence-electron chi connectivity index (χ1n) is 10.4. The molecule has 4 aliphatic heterocycles. The highest BCUT2D eigenvalue weighted by molar-refractivity contribution is 8.00. The highest BCUT2D eigenvalue weighted by Gasteiger charge is 2.51. The summed E-state index contributed by atoms with van der Waals surface area (Å²) < 4.78 is 5.04. The number of thioether (sulfide) groups is 1. The lowest BCUT2D eigenvalue weighted by Gasteiger charge is -2.47. The SMILES string of the molecule is CCOC(=O)N1CCC(N2CC/C(=C\C3=C(C(=O)O)N4C(=O)[C@@H](N)[C@H]4SC3)C2=O)CC1. The number of hydrogen-bond acceptors (Lipinski definition) is 7. The molecule has 2 atom stereocenters. The van der Waals surface area contributed by atoms with Crippen molar-refractivity contribution in [3.63, 3.8) is 0 Å². The zero-order valence-electron chi connectivity index (χ0n) is 17.3. The lowest BCUT2D eigenvalue weighted by Crippen LogP contribution is -2.68. The van der Waals surface area contributed by atoms with Crippen LogP contribution in [0, 0.1) is 0 Å². The Hall–Kier alpha value is -2.53.